The van der Waals surface area contributed by atoms with E-state index in [0.29, 0.717) is 46.5 Å². The third-order valence-corrected chi connectivity index (χ3v) is 5.17. The van der Waals surface area contributed by atoms with E-state index >= 15 is 0 Å². The highest BCUT2D eigenvalue weighted by molar-refractivity contribution is 6.31. The van der Waals surface area contributed by atoms with Gasteiger partial charge in [-0.15, -0.1) is 0 Å². The van der Waals surface area contributed by atoms with Crippen LogP contribution in [0.5, 0.6) is 11.5 Å². The van der Waals surface area contributed by atoms with Gasteiger partial charge in [-0.05, 0) is 49.9 Å². The van der Waals surface area contributed by atoms with Gasteiger partial charge in [-0.25, -0.2) is 0 Å². The average Bonchev–Trinajstić information content (AvgIpc) is 2.81. The molecule has 0 saturated heterocycles. The molecule has 6 nitrogen and oxygen atoms in total. The van der Waals surface area contributed by atoms with Crippen LogP contribution in [-0.4, -0.2) is 43.9 Å². The fraction of sp³-hybridized carbons (Fsp3) is 0.231. The Morgan fingerprint density at radius 1 is 1.00 bits per heavy atom. The van der Waals surface area contributed by atoms with Crippen molar-refractivity contribution in [2.45, 2.75) is 13.5 Å². The van der Waals surface area contributed by atoms with Crippen molar-refractivity contribution in [2.75, 3.05) is 32.6 Å². The molecule has 172 valence electrons. The smallest absolute Gasteiger partial charge is 0.238 e. The number of nitrogens with zero attached hydrogens (tertiary/aromatic N) is 1. The van der Waals surface area contributed by atoms with Crippen molar-refractivity contribution in [3.63, 3.8) is 0 Å². The summed E-state index contributed by atoms with van der Waals surface area (Å²) in [7, 11) is 3.44. The van der Waals surface area contributed by atoms with Crippen molar-refractivity contribution in [1.29, 1.82) is 0 Å². The molecule has 0 saturated carbocycles. The highest BCUT2D eigenvalue weighted by atomic mass is 35.5. The van der Waals surface area contributed by atoms with Crippen LogP contribution in [-0.2, 0) is 11.3 Å². The van der Waals surface area contributed by atoms with Gasteiger partial charge in [0.2, 0.25) is 5.91 Å². The van der Waals surface area contributed by atoms with E-state index in [4.69, 9.17) is 21.1 Å². The molecule has 0 aliphatic heterocycles. The van der Waals surface area contributed by atoms with Crippen molar-refractivity contribution < 1.29 is 19.1 Å². The number of hydrogen-bond acceptors (Lipinski definition) is 5. The Balaban J connectivity index is 1.68. The quantitative estimate of drug-likeness (QED) is 0.423. The molecule has 3 rings (SSSR count). The minimum atomic E-state index is -0.236. The van der Waals surface area contributed by atoms with E-state index in [0.717, 1.165) is 5.56 Å². The zero-order valence-corrected chi connectivity index (χ0v) is 19.7. The first-order valence-corrected chi connectivity index (χ1v) is 11.0. The molecule has 0 radical (unpaired) electrons. The van der Waals surface area contributed by atoms with Gasteiger partial charge in [0, 0.05) is 22.7 Å². The number of benzene rings is 3. The van der Waals surface area contributed by atoms with Crippen molar-refractivity contribution in [1.82, 2.24) is 4.90 Å². The lowest BCUT2D eigenvalue weighted by molar-refractivity contribution is -0.117. The topological polar surface area (TPSA) is 67.9 Å². The Hall–Kier alpha value is -3.35. The van der Waals surface area contributed by atoms with Crippen LogP contribution < -0.4 is 14.8 Å². The normalized spacial score (nSPS) is 10.7. The predicted molar refractivity (Wildman–Crippen MR) is 130 cm³/mol. The molecule has 0 fully saturated rings. The van der Waals surface area contributed by atoms with Gasteiger partial charge in [0.1, 0.15) is 0 Å². The number of halogens is 1. The summed E-state index contributed by atoms with van der Waals surface area (Å²) in [5, 5.41) is 3.27. The SMILES string of the molecule is CCOc1ccc(CN(C)CC(=O)Nc2ccc(Cl)cc2C(=O)c2ccccc2)cc1OC. The molecule has 7 heteroatoms. The molecule has 3 aromatic rings. The van der Waals surface area contributed by atoms with Gasteiger partial charge in [0.05, 0.1) is 25.9 Å². The highest BCUT2D eigenvalue weighted by Crippen LogP contribution is 2.28. The lowest BCUT2D eigenvalue weighted by Gasteiger charge is -2.18. The van der Waals surface area contributed by atoms with E-state index in [-0.39, 0.29) is 18.2 Å². The first-order valence-electron chi connectivity index (χ1n) is 10.6. The van der Waals surface area contributed by atoms with E-state index in [9.17, 15) is 9.59 Å². The zero-order valence-electron chi connectivity index (χ0n) is 18.9. The first kappa shape index (κ1) is 24.3. The van der Waals surface area contributed by atoms with Crippen LogP contribution in [0.2, 0.25) is 5.02 Å². The standard InChI is InChI=1S/C26H27ClN2O4/c1-4-33-23-13-10-18(14-24(23)32-3)16-29(2)17-25(30)28-22-12-11-20(27)15-21(22)26(31)19-8-6-5-7-9-19/h5-15H,4,16-17H2,1-3H3,(H,28,30). The Morgan fingerprint density at radius 2 is 1.76 bits per heavy atom. The number of methoxy groups -OCH3 is 1. The van der Waals surface area contributed by atoms with Crippen molar-refractivity contribution in [2.24, 2.45) is 0 Å². The molecule has 0 spiro atoms. The summed E-state index contributed by atoms with van der Waals surface area (Å²) < 4.78 is 10.9. The third kappa shape index (κ3) is 6.57. The van der Waals surface area contributed by atoms with E-state index in [1.54, 1.807) is 49.6 Å². The maximum absolute atomic E-state index is 13.0. The summed E-state index contributed by atoms with van der Waals surface area (Å²) in [6.07, 6.45) is 0. The average molecular weight is 467 g/mol. The monoisotopic (exact) mass is 466 g/mol. The van der Waals surface area contributed by atoms with Crippen LogP contribution in [0.15, 0.2) is 66.7 Å². The second kappa shape index (κ2) is 11.5. The second-order valence-electron chi connectivity index (χ2n) is 7.52. The number of ether oxygens (including phenoxy) is 2. The van der Waals surface area contributed by atoms with E-state index in [1.165, 1.54) is 0 Å². The Bertz CT molecular complexity index is 1120. The number of nitrogens with one attached hydrogen (secondary N) is 1. The Kier molecular flexibility index (Phi) is 8.46. The first-order chi connectivity index (χ1) is 15.9. The van der Waals surface area contributed by atoms with E-state index in [2.05, 4.69) is 5.32 Å². The minimum absolute atomic E-state index is 0.136. The number of carbonyl (C=O) groups excluding carboxylic acids is 2. The van der Waals surface area contributed by atoms with Crippen LogP contribution in [0.25, 0.3) is 0 Å². The van der Waals surface area contributed by atoms with Crippen molar-refractivity contribution >= 4 is 29.0 Å². The summed E-state index contributed by atoms with van der Waals surface area (Å²) in [4.78, 5) is 27.6. The van der Waals surface area contributed by atoms with Crippen molar-refractivity contribution in [3.05, 3.63) is 88.4 Å². The maximum Gasteiger partial charge on any atom is 0.238 e. The van der Waals surface area contributed by atoms with Gasteiger partial charge >= 0.3 is 0 Å². The molecule has 33 heavy (non-hydrogen) atoms. The van der Waals surface area contributed by atoms with Crippen LogP contribution in [0, 0.1) is 0 Å². The van der Waals surface area contributed by atoms with Gasteiger partial charge in [-0.3, -0.25) is 14.5 Å². The number of carbonyl (C=O) groups is 2. The second-order valence-corrected chi connectivity index (χ2v) is 7.96. The van der Waals surface area contributed by atoms with Gasteiger partial charge in [-0.2, -0.15) is 0 Å². The molecule has 1 amide bonds. The molecule has 0 bridgehead atoms. The summed E-state index contributed by atoms with van der Waals surface area (Å²) in [6, 6.07) is 19.5. The molecule has 0 aromatic heterocycles. The molecule has 1 N–H and O–H groups in total. The Labute approximate surface area is 199 Å². The maximum atomic E-state index is 13.0. The number of likely N-dealkylation sites (N-methyl/N-ethyl adjacent to an activating group) is 1. The molecule has 0 aliphatic rings. The lowest BCUT2D eigenvalue weighted by Crippen LogP contribution is -2.30. The molecule has 0 aliphatic carbocycles. The van der Waals surface area contributed by atoms with Gasteiger partial charge in [0.15, 0.2) is 17.3 Å². The molecule has 3 aromatic carbocycles. The number of amides is 1. The van der Waals surface area contributed by atoms with Crippen LogP contribution in [0.3, 0.4) is 0 Å². The van der Waals surface area contributed by atoms with Crippen molar-refractivity contribution in [3.8, 4) is 11.5 Å². The van der Waals surface area contributed by atoms with E-state index < -0.39 is 0 Å². The van der Waals surface area contributed by atoms with Crippen LogP contribution >= 0.6 is 11.6 Å². The number of hydrogen-bond donors (Lipinski definition) is 1. The third-order valence-electron chi connectivity index (χ3n) is 4.93. The van der Waals surface area contributed by atoms with Crippen LogP contribution in [0.4, 0.5) is 5.69 Å². The molecule has 0 heterocycles. The summed E-state index contributed by atoms with van der Waals surface area (Å²) in [5.74, 6) is 0.892. The van der Waals surface area contributed by atoms with E-state index in [1.807, 2.05) is 43.1 Å². The molecule has 0 atom stereocenters. The zero-order chi connectivity index (χ0) is 23.8. The van der Waals surface area contributed by atoms with Gasteiger partial charge in [-0.1, -0.05) is 48.0 Å². The van der Waals surface area contributed by atoms with Crippen LogP contribution in [0.1, 0.15) is 28.4 Å². The number of anilines is 1. The highest BCUT2D eigenvalue weighted by Gasteiger charge is 2.17. The minimum Gasteiger partial charge on any atom is -0.493 e. The number of rotatable bonds is 10. The fourth-order valence-electron chi connectivity index (χ4n) is 3.45. The summed E-state index contributed by atoms with van der Waals surface area (Å²) in [5.41, 5.74) is 2.28. The number of ketones is 1. The molecular formula is C26H27ClN2O4. The molecular weight excluding hydrogens is 440 g/mol. The Morgan fingerprint density at radius 3 is 2.45 bits per heavy atom. The van der Waals surface area contributed by atoms with Gasteiger partial charge < -0.3 is 14.8 Å². The fourth-order valence-corrected chi connectivity index (χ4v) is 3.62. The lowest BCUT2D eigenvalue weighted by atomic mass is 10.0. The summed E-state index contributed by atoms with van der Waals surface area (Å²) in [6.45, 7) is 3.14. The predicted octanol–water partition coefficient (Wildman–Crippen LogP) is 5.05. The largest absolute Gasteiger partial charge is 0.493 e. The van der Waals surface area contributed by atoms with Gasteiger partial charge in [0.25, 0.3) is 0 Å². The summed E-state index contributed by atoms with van der Waals surface area (Å²) >= 11 is 6.12. The molecule has 0 unspecified atom stereocenters.